The Morgan fingerprint density at radius 3 is 2.88 bits per heavy atom. The van der Waals surface area contributed by atoms with Crippen molar-refractivity contribution in [2.45, 2.75) is 25.9 Å². The van der Waals surface area contributed by atoms with Crippen LogP contribution in [0.3, 0.4) is 0 Å². The van der Waals surface area contributed by atoms with Crippen molar-refractivity contribution in [3.63, 3.8) is 0 Å². The molecule has 2 aromatic heterocycles. The van der Waals surface area contributed by atoms with Gasteiger partial charge in [-0.25, -0.2) is 9.97 Å². The second kappa shape index (κ2) is 7.76. The smallest absolute Gasteiger partial charge is 0.213 e. The number of hydrogen-bond acceptors (Lipinski definition) is 5. The lowest BCUT2D eigenvalue weighted by atomic mass is 10.2. The number of nitrogens with zero attached hydrogens (tertiary/aromatic N) is 5. The summed E-state index contributed by atoms with van der Waals surface area (Å²) in [5, 5.41) is 10.5. The Kier molecular flexibility index (Phi) is 5.25. The summed E-state index contributed by atoms with van der Waals surface area (Å²) in [6.45, 7) is 1.97. The summed E-state index contributed by atoms with van der Waals surface area (Å²) in [5.74, 6) is 2.95. The molecule has 0 bridgehead atoms. The zero-order chi connectivity index (χ0) is 16.8. The van der Waals surface area contributed by atoms with Crippen molar-refractivity contribution < 1.29 is 4.74 Å². The van der Waals surface area contributed by atoms with Crippen LogP contribution in [0.2, 0.25) is 0 Å². The second-order valence-corrected chi connectivity index (χ2v) is 5.84. The van der Waals surface area contributed by atoms with E-state index < -0.39 is 0 Å². The molecule has 0 saturated heterocycles. The Morgan fingerprint density at radius 2 is 2.17 bits per heavy atom. The van der Waals surface area contributed by atoms with Gasteiger partial charge in [0.05, 0.1) is 13.2 Å². The fourth-order valence-corrected chi connectivity index (χ4v) is 2.18. The summed E-state index contributed by atoms with van der Waals surface area (Å²) in [6.07, 6.45) is 5.85. The van der Waals surface area contributed by atoms with E-state index in [-0.39, 0.29) is 0 Å². The van der Waals surface area contributed by atoms with Crippen molar-refractivity contribution in [2.75, 3.05) is 13.7 Å². The van der Waals surface area contributed by atoms with Gasteiger partial charge < -0.3 is 15.4 Å². The van der Waals surface area contributed by atoms with E-state index in [0.29, 0.717) is 24.9 Å². The summed E-state index contributed by atoms with van der Waals surface area (Å²) < 4.78 is 7.44. The normalized spacial score (nSPS) is 14.5. The van der Waals surface area contributed by atoms with Crippen LogP contribution in [0.4, 0.5) is 0 Å². The van der Waals surface area contributed by atoms with Crippen molar-refractivity contribution in [3.05, 3.63) is 36.0 Å². The number of pyridine rings is 1. The van der Waals surface area contributed by atoms with Crippen molar-refractivity contribution in [2.24, 2.45) is 18.0 Å². The number of hydrogen-bond donors (Lipinski definition) is 2. The van der Waals surface area contributed by atoms with Crippen molar-refractivity contribution >= 4 is 5.96 Å². The minimum Gasteiger partial charge on any atom is -0.477 e. The average Bonchev–Trinajstić information content (AvgIpc) is 3.35. The number of guanidine groups is 1. The van der Waals surface area contributed by atoms with Gasteiger partial charge in [-0.3, -0.25) is 9.67 Å². The molecule has 0 aliphatic heterocycles. The summed E-state index contributed by atoms with van der Waals surface area (Å²) in [5.41, 5.74) is 1.09. The number of rotatable bonds is 7. The monoisotopic (exact) mass is 329 g/mol. The fourth-order valence-electron chi connectivity index (χ4n) is 2.18. The molecule has 0 aromatic carbocycles. The number of nitrogens with one attached hydrogen (secondary N) is 2. The molecule has 2 N–H and O–H groups in total. The average molecular weight is 329 g/mol. The molecule has 8 heteroatoms. The third-order valence-electron chi connectivity index (χ3n) is 3.87. The predicted molar refractivity (Wildman–Crippen MR) is 90.5 cm³/mol. The minimum atomic E-state index is 0.558. The lowest BCUT2D eigenvalue weighted by molar-refractivity contribution is 0.288. The number of aromatic nitrogens is 4. The maximum Gasteiger partial charge on any atom is 0.213 e. The van der Waals surface area contributed by atoms with E-state index in [4.69, 9.17) is 4.74 Å². The van der Waals surface area contributed by atoms with Crippen molar-refractivity contribution in [1.82, 2.24) is 30.4 Å². The molecule has 1 aliphatic rings. The van der Waals surface area contributed by atoms with Crippen LogP contribution in [0, 0.1) is 5.92 Å². The largest absolute Gasteiger partial charge is 0.477 e. The molecule has 0 atom stereocenters. The molecule has 2 heterocycles. The molecule has 8 nitrogen and oxygen atoms in total. The molecule has 24 heavy (non-hydrogen) atoms. The topological polar surface area (TPSA) is 89.2 Å². The Bertz CT molecular complexity index is 693. The molecule has 3 rings (SSSR count). The number of ether oxygens (including phenoxy) is 1. The van der Waals surface area contributed by atoms with Crippen LogP contribution in [-0.4, -0.2) is 39.4 Å². The van der Waals surface area contributed by atoms with Crippen LogP contribution in [0.1, 0.15) is 24.2 Å². The van der Waals surface area contributed by atoms with Gasteiger partial charge in [-0.05, 0) is 30.4 Å². The molecule has 0 unspecified atom stereocenters. The van der Waals surface area contributed by atoms with E-state index in [2.05, 4.69) is 30.7 Å². The SMILES string of the molecule is CN=C(NCc1ccnc(OCC2CC2)c1)NCc1ncnn1C. The van der Waals surface area contributed by atoms with Crippen LogP contribution in [0.15, 0.2) is 29.6 Å². The van der Waals surface area contributed by atoms with Gasteiger partial charge in [-0.1, -0.05) is 0 Å². The highest BCUT2D eigenvalue weighted by atomic mass is 16.5. The molecule has 1 fully saturated rings. The lowest BCUT2D eigenvalue weighted by Gasteiger charge is -2.12. The van der Waals surface area contributed by atoms with Crippen LogP contribution in [-0.2, 0) is 20.1 Å². The molecular weight excluding hydrogens is 306 g/mol. The highest BCUT2D eigenvalue weighted by Gasteiger charge is 2.22. The maximum absolute atomic E-state index is 5.71. The fraction of sp³-hybridized carbons (Fsp3) is 0.500. The minimum absolute atomic E-state index is 0.558. The standard InChI is InChI=1S/C16H23N7O/c1-17-16(20-9-14-21-11-22-23(14)2)19-8-13-5-6-18-15(7-13)24-10-12-3-4-12/h5-7,11-12H,3-4,8-10H2,1-2H3,(H2,17,19,20). The summed E-state index contributed by atoms with van der Waals surface area (Å²) >= 11 is 0. The highest BCUT2D eigenvalue weighted by molar-refractivity contribution is 5.79. The number of aryl methyl sites for hydroxylation is 1. The molecule has 0 amide bonds. The Labute approximate surface area is 141 Å². The van der Waals surface area contributed by atoms with Crippen LogP contribution in [0.25, 0.3) is 0 Å². The van der Waals surface area contributed by atoms with Crippen molar-refractivity contribution in [3.8, 4) is 5.88 Å². The van der Waals surface area contributed by atoms with Crippen LogP contribution >= 0.6 is 0 Å². The van der Waals surface area contributed by atoms with E-state index in [1.807, 2.05) is 19.2 Å². The highest BCUT2D eigenvalue weighted by Crippen LogP contribution is 2.29. The second-order valence-electron chi connectivity index (χ2n) is 5.84. The van der Waals surface area contributed by atoms with Crippen LogP contribution < -0.4 is 15.4 Å². The first-order chi connectivity index (χ1) is 11.7. The molecule has 1 saturated carbocycles. The lowest BCUT2D eigenvalue weighted by Crippen LogP contribution is -2.36. The molecule has 0 radical (unpaired) electrons. The predicted octanol–water partition coefficient (Wildman–Crippen LogP) is 0.864. The van der Waals surface area contributed by atoms with Gasteiger partial charge in [-0.15, -0.1) is 0 Å². The summed E-state index contributed by atoms with van der Waals surface area (Å²) in [6, 6.07) is 3.93. The van der Waals surface area contributed by atoms with Crippen molar-refractivity contribution in [1.29, 1.82) is 0 Å². The van der Waals surface area contributed by atoms with Crippen LogP contribution in [0.5, 0.6) is 5.88 Å². The van der Waals surface area contributed by atoms with E-state index in [1.165, 1.54) is 19.2 Å². The zero-order valence-corrected chi connectivity index (χ0v) is 14.1. The third-order valence-corrected chi connectivity index (χ3v) is 3.87. The van der Waals surface area contributed by atoms with Gasteiger partial charge in [0.1, 0.15) is 12.2 Å². The first-order valence-electron chi connectivity index (χ1n) is 8.09. The molecule has 0 spiro atoms. The first-order valence-corrected chi connectivity index (χ1v) is 8.09. The van der Waals surface area contributed by atoms with E-state index in [9.17, 15) is 0 Å². The summed E-state index contributed by atoms with van der Waals surface area (Å²) in [7, 11) is 3.60. The quantitative estimate of drug-likeness (QED) is 0.579. The van der Waals surface area contributed by atoms with E-state index >= 15 is 0 Å². The van der Waals surface area contributed by atoms with Gasteiger partial charge in [0.2, 0.25) is 5.88 Å². The van der Waals surface area contributed by atoms with Gasteiger partial charge in [0, 0.05) is 32.9 Å². The van der Waals surface area contributed by atoms with Gasteiger partial charge in [0.25, 0.3) is 0 Å². The Morgan fingerprint density at radius 1 is 1.33 bits per heavy atom. The molecular formula is C16H23N7O. The first kappa shape index (κ1) is 16.2. The molecule has 128 valence electrons. The van der Waals surface area contributed by atoms with Gasteiger partial charge in [-0.2, -0.15) is 5.10 Å². The number of aliphatic imine (C=N–C) groups is 1. The Hall–Kier alpha value is -2.64. The molecule has 2 aromatic rings. The zero-order valence-electron chi connectivity index (χ0n) is 14.1. The van der Waals surface area contributed by atoms with Gasteiger partial charge in [0.15, 0.2) is 5.96 Å². The third kappa shape index (κ3) is 4.68. The van der Waals surface area contributed by atoms with E-state index in [0.717, 1.165) is 23.9 Å². The molecule has 1 aliphatic carbocycles. The van der Waals surface area contributed by atoms with E-state index in [1.54, 1.807) is 17.9 Å². The summed E-state index contributed by atoms with van der Waals surface area (Å²) in [4.78, 5) is 12.6. The van der Waals surface area contributed by atoms with Gasteiger partial charge >= 0.3 is 0 Å². The Balaban J connectivity index is 1.47. The maximum atomic E-state index is 5.71.